The van der Waals surface area contributed by atoms with Crippen molar-refractivity contribution in [2.45, 2.75) is 0 Å². The maximum Gasteiger partial charge on any atom is 1.00 e. The molecule has 0 saturated carbocycles. The van der Waals surface area contributed by atoms with E-state index >= 15 is 0 Å². The Hall–Kier alpha value is 4.93. The van der Waals surface area contributed by atoms with Crippen LogP contribution in [0.3, 0.4) is 0 Å². The molecule has 0 aromatic heterocycles. The average Bonchev–Trinajstić information content (AvgIpc) is 1.94. The van der Waals surface area contributed by atoms with Crippen molar-refractivity contribution in [1.29, 1.82) is 0 Å². The van der Waals surface area contributed by atoms with E-state index in [2.05, 4.69) is 0 Å². The molecule has 25 heteroatoms. The van der Waals surface area contributed by atoms with Gasteiger partial charge in [0.25, 0.3) is 0 Å². The van der Waals surface area contributed by atoms with E-state index in [1.807, 2.05) is 0 Å². The molecule has 15 nitrogen and oxygen atoms in total. The largest absolute Gasteiger partial charge is 1.00 e. The standard InChI is InChI=1S/5CH2O3.2ClH.8Na/c5*2-1(3)4;;;;;;;;;;/h5*(H2,2,3,4);2*1H;;;;;;;;/q;;;;;;;8*+1/p-8. The number of rotatable bonds is 0. The van der Waals surface area contributed by atoms with Crippen LogP contribution in [0.25, 0.3) is 0 Å². The van der Waals surface area contributed by atoms with Gasteiger partial charge in [0.2, 0.25) is 0 Å². The first-order valence-corrected chi connectivity index (χ1v) is 3.14. The van der Waals surface area contributed by atoms with Crippen LogP contribution in [0.4, 0.5) is 24.0 Å². The van der Waals surface area contributed by atoms with Crippen LogP contribution in [-0.2, 0) is 0 Å². The third-order valence-corrected chi connectivity index (χ3v) is 0. The van der Waals surface area contributed by atoms with Gasteiger partial charge in [-0.3, -0.25) is 0 Å². The first-order valence-electron chi connectivity index (χ1n) is 3.14. The van der Waals surface area contributed by atoms with Crippen molar-refractivity contribution in [2.75, 3.05) is 0 Å². The summed E-state index contributed by atoms with van der Waals surface area (Å²) >= 11 is 0. The predicted molar refractivity (Wildman–Crippen MR) is 37.5 cm³/mol. The third kappa shape index (κ3) is 1380. The molecule has 30 heavy (non-hydrogen) atoms. The van der Waals surface area contributed by atoms with Crippen LogP contribution in [0.15, 0.2) is 0 Å². The number of carboxylic acid groups (broad SMARTS) is 10. The Morgan fingerprint density at radius 3 is 0.367 bits per heavy atom. The summed E-state index contributed by atoms with van der Waals surface area (Å²) in [5.74, 6) is 0. The smallest absolute Gasteiger partial charge is 1.00 e. The number of hydrogen-bond acceptors (Lipinski definition) is 11. The number of halogens is 2. The van der Waals surface area contributed by atoms with Gasteiger partial charge in [0.1, 0.15) is 0 Å². The molecule has 0 amide bonds. The van der Waals surface area contributed by atoms with E-state index in [9.17, 15) is 0 Å². The minimum absolute atomic E-state index is 0. The molecule has 0 atom stereocenters. The van der Waals surface area contributed by atoms with Crippen LogP contribution in [0.1, 0.15) is 0 Å². The Morgan fingerprint density at radius 1 is 0.367 bits per heavy atom. The van der Waals surface area contributed by atoms with E-state index in [1.165, 1.54) is 0 Å². The fraction of sp³-hybridized carbons (Fsp3) is 0. The Balaban J connectivity index is -0.00000000666. The Bertz CT molecular complexity index is 236. The van der Waals surface area contributed by atoms with E-state index in [0.29, 0.717) is 0 Å². The first-order chi connectivity index (χ1) is 8.66. The Kier molecular flexibility index (Phi) is 313. The molecule has 0 aromatic rings. The molecule has 0 aliphatic rings. The minimum atomic E-state index is -2.33. The number of carbonyl (C=O) groups excluding carboxylic acids is 3. The summed E-state index contributed by atoms with van der Waals surface area (Å²) in [5, 5.41) is 77.9. The van der Waals surface area contributed by atoms with Crippen molar-refractivity contribution in [2.24, 2.45) is 0 Å². The molecule has 136 valence electrons. The Morgan fingerprint density at radius 2 is 0.367 bits per heavy atom. The molecule has 0 bridgehead atoms. The summed E-state index contributed by atoms with van der Waals surface area (Å²) in [5.41, 5.74) is 0. The van der Waals surface area contributed by atoms with Gasteiger partial charge in [-0.25, -0.2) is 9.59 Å². The third-order valence-electron chi connectivity index (χ3n) is 0. The van der Waals surface area contributed by atoms with Gasteiger partial charge in [-0.2, -0.15) is 0 Å². The van der Waals surface area contributed by atoms with Gasteiger partial charge in [-0.15, -0.1) is 0 Å². The van der Waals surface area contributed by atoms with Crippen LogP contribution in [0.5, 0.6) is 0 Å². The van der Waals surface area contributed by atoms with Gasteiger partial charge in [0.05, 0.1) is 0 Å². The van der Waals surface area contributed by atoms with Crippen molar-refractivity contribution in [3.63, 3.8) is 0 Å². The molecule has 0 rings (SSSR count). The molecule has 0 aromatic carbocycles. The van der Waals surface area contributed by atoms with Crippen molar-refractivity contribution < 1.29 is 336 Å². The van der Waals surface area contributed by atoms with Gasteiger partial charge in [0.15, 0.2) is 0 Å². The second-order valence-electron chi connectivity index (χ2n) is 1.32. The van der Waals surface area contributed by atoms with Crippen molar-refractivity contribution in [1.82, 2.24) is 0 Å². The molecule has 0 radical (unpaired) electrons. The zero-order valence-electron chi connectivity index (χ0n) is 17.5. The van der Waals surface area contributed by atoms with Crippen LogP contribution in [-0.4, -0.2) is 51.2 Å². The molecule has 4 N–H and O–H groups in total. The van der Waals surface area contributed by atoms with Crippen molar-refractivity contribution in [3.8, 4) is 0 Å². The zero-order chi connectivity index (χ0) is 17.9. The van der Waals surface area contributed by atoms with Crippen molar-refractivity contribution >= 4 is 30.8 Å². The molecule has 0 unspecified atom stereocenters. The van der Waals surface area contributed by atoms with E-state index in [-0.39, 0.29) is 261 Å². The quantitative estimate of drug-likeness (QED) is 0.200. The summed E-state index contributed by atoms with van der Waals surface area (Å²) in [6, 6.07) is 0. The molecule has 0 spiro atoms. The topological polar surface area (TPSA) is 305 Å². The fourth-order valence-electron chi connectivity index (χ4n) is 0. The SMILES string of the molecule is O=C(O)O.O=C(O)O.O=C([O-])[O-].O=C([O-])[O-].O=C([O-])[O-].[Cl-].[Cl-].[Na+].[Na+].[Na+].[Na+].[Na+].[Na+].[Na+].[Na+]. The number of hydrogen-bond donors (Lipinski definition) is 4. The monoisotopic (exact) mass is 558 g/mol. The minimum Gasteiger partial charge on any atom is -1.00 e. The zero-order valence-corrected chi connectivity index (χ0v) is 35.0. The van der Waals surface area contributed by atoms with Gasteiger partial charge < -0.3 is 90.3 Å². The average molecular weight is 559 g/mol. The molecule has 0 saturated heterocycles. The van der Waals surface area contributed by atoms with Crippen molar-refractivity contribution in [3.05, 3.63) is 0 Å². The normalized spacial score (nSPS) is 4.00. The molecule has 0 aliphatic heterocycles. The molecule has 0 heterocycles. The van der Waals surface area contributed by atoms with E-state index in [0.717, 1.165) is 0 Å². The molecular weight excluding hydrogens is 555 g/mol. The molecule has 0 aliphatic carbocycles. The summed E-state index contributed by atoms with van der Waals surface area (Å²) in [7, 11) is 0. The summed E-state index contributed by atoms with van der Waals surface area (Å²) in [6.45, 7) is 0. The summed E-state index contributed by atoms with van der Waals surface area (Å²) < 4.78 is 0. The fourth-order valence-corrected chi connectivity index (χ4v) is 0. The number of carbonyl (C=O) groups is 5. The molecular formula is C5H4Cl2Na8O15. The van der Waals surface area contributed by atoms with Gasteiger partial charge in [-0.05, 0) is 18.5 Å². The first kappa shape index (κ1) is 101. The second-order valence-corrected chi connectivity index (χ2v) is 1.32. The summed E-state index contributed by atoms with van der Waals surface area (Å²) in [6.07, 6.45) is -10.7. The predicted octanol–water partition coefficient (Wildman–Crippen LogP) is -36.9. The van der Waals surface area contributed by atoms with E-state index < -0.39 is 30.8 Å². The van der Waals surface area contributed by atoms with Gasteiger partial charge in [-0.1, -0.05) is 0 Å². The van der Waals surface area contributed by atoms with Gasteiger partial charge in [0, 0.05) is 0 Å². The van der Waals surface area contributed by atoms with Gasteiger partial charge >= 0.3 is 249 Å². The van der Waals surface area contributed by atoms with Crippen LogP contribution >= 0.6 is 0 Å². The van der Waals surface area contributed by atoms with Crippen LogP contribution in [0.2, 0.25) is 0 Å². The molecule has 0 fully saturated rings. The van der Waals surface area contributed by atoms with Crippen LogP contribution < -0.4 is 292 Å². The summed E-state index contributed by atoms with van der Waals surface area (Å²) in [4.78, 5) is 42.1. The second kappa shape index (κ2) is 92.6. The van der Waals surface area contributed by atoms with E-state index in [4.69, 9.17) is 75.0 Å². The Labute approximate surface area is 359 Å². The van der Waals surface area contributed by atoms with E-state index in [1.54, 1.807) is 0 Å². The maximum absolute atomic E-state index is 8.56. The maximum atomic E-state index is 8.56. The van der Waals surface area contributed by atoms with Crippen LogP contribution in [0, 0.1) is 0 Å².